The molecular formula is C22H16FN3O3. The van der Waals surface area contributed by atoms with Gasteiger partial charge in [-0.3, -0.25) is 9.59 Å². The molecule has 29 heavy (non-hydrogen) atoms. The smallest absolute Gasteiger partial charge is 0.232 e. The van der Waals surface area contributed by atoms with Gasteiger partial charge in [-0.1, -0.05) is 18.2 Å². The lowest BCUT2D eigenvalue weighted by Crippen LogP contribution is -2.16. The predicted molar refractivity (Wildman–Crippen MR) is 105 cm³/mol. The molecule has 3 aromatic rings. The highest BCUT2D eigenvalue weighted by molar-refractivity contribution is 6.11. The van der Waals surface area contributed by atoms with Crippen molar-refractivity contribution in [1.82, 2.24) is 4.98 Å². The summed E-state index contributed by atoms with van der Waals surface area (Å²) in [6, 6.07) is 15.7. The molecule has 0 unspecified atom stereocenters. The van der Waals surface area contributed by atoms with E-state index in [-0.39, 0.29) is 11.3 Å². The van der Waals surface area contributed by atoms with Gasteiger partial charge >= 0.3 is 0 Å². The molecule has 0 aliphatic heterocycles. The molecule has 0 fully saturated rings. The number of nitriles is 1. The molecule has 0 aliphatic rings. The van der Waals surface area contributed by atoms with E-state index in [9.17, 15) is 14.0 Å². The number of benzene rings is 2. The zero-order valence-corrected chi connectivity index (χ0v) is 15.5. The summed E-state index contributed by atoms with van der Waals surface area (Å²) < 4.78 is 19.5. The summed E-state index contributed by atoms with van der Waals surface area (Å²) in [7, 11) is 1.47. The molecule has 144 valence electrons. The fourth-order valence-corrected chi connectivity index (χ4v) is 2.79. The van der Waals surface area contributed by atoms with Gasteiger partial charge in [0.15, 0.2) is 5.78 Å². The highest BCUT2D eigenvalue weighted by atomic mass is 19.1. The molecule has 7 heteroatoms. The lowest BCUT2D eigenvalue weighted by Gasteiger charge is -2.12. The van der Waals surface area contributed by atoms with Crippen molar-refractivity contribution in [3.63, 3.8) is 0 Å². The number of nitrogens with zero attached hydrogens (tertiary/aromatic N) is 2. The summed E-state index contributed by atoms with van der Waals surface area (Å²) in [6.45, 7) is 0. The molecule has 0 saturated carbocycles. The van der Waals surface area contributed by atoms with Gasteiger partial charge in [-0.25, -0.2) is 9.37 Å². The Morgan fingerprint density at radius 1 is 1.14 bits per heavy atom. The average Bonchev–Trinajstić information content (AvgIpc) is 2.74. The third-order valence-electron chi connectivity index (χ3n) is 4.16. The zero-order valence-electron chi connectivity index (χ0n) is 15.5. The van der Waals surface area contributed by atoms with Crippen molar-refractivity contribution < 1.29 is 18.7 Å². The maximum atomic E-state index is 14.2. The van der Waals surface area contributed by atoms with E-state index in [0.717, 1.165) is 0 Å². The van der Waals surface area contributed by atoms with E-state index in [0.29, 0.717) is 22.6 Å². The fraction of sp³-hybridized carbons (Fsp3) is 0.0909. The Morgan fingerprint density at radius 2 is 1.93 bits per heavy atom. The molecule has 0 aliphatic carbocycles. The monoisotopic (exact) mass is 389 g/mol. The average molecular weight is 389 g/mol. The summed E-state index contributed by atoms with van der Waals surface area (Å²) in [6.07, 6.45) is 0.934. The molecule has 0 bridgehead atoms. The molecule has 0 saturated heterocycles. The second kappa shape index (κ2) is 8.76. The standard InChI is InChI=1S/C22H16FN3O3/c1-29-21-7-6-15(11-18(21)17-4-2-3-5-19(17)23)26-22(28)12-20(27)14-8-9-25-16(10-14)13-24/h2-11H,12H2,1H3,(H,26,28). The molecule has 1 amide bonds. The van der Waals surface area contributed by atoms with Crippen LogP contribution in [0.1, 0.15) is 22.5 Å². The topological polar surface area (TPSA) is 92.1 Å². The third kappa shape index (κ3) is 4.62. The van der Waals surface area contributed by atoms with Gasteiger partial charge in [0.05, 0.1) is 13.5 Å². The van der Waals surface area contributed by atoms with Crippen molar-refractivity contribution in [3.8, 4) is 22.9 Å². The minimum atomic E-state index is -0.532. The van der Waals surface area contributed by atoms with Crippen LogP contribution in [0.4, 0.5) is 10.1 Å². The number of hydrogen-bond donors (Lipinski definition) is 1. The van der Waals surface area contributed by atoms with E-state index in [4.69, 9.17) is 10.00 Å². The summed E-state index contributed by atoms with van der Waals surface area (Å²) in [5, 5.41) is 11.5. The quantitative estimate of drug-likeness (QED) is 0.509. The number of pyridine rings is 1. The lowest BCUT2D eigenvalue weighted by atomic mass is 10.0. The SMILES string of the molecule is COc1ccc(NC(=O)CC(=O)c2ccnc(C#N)c2)cc1-c1ccccc1F. The Balaban J connectivity index is 1.79. The van der Waals surface area contributed by atoms with Gasteiger partial charge in [0.1, 0.15) is 23.3 Å². The van der Waals surface area contributed by atoms with Crippen molar-refractivity contribution in [2.75, 3.05) is 12.4 Å². The molecule has 1 heterocycles. The second-order valence-corrected chi connectivity index (χ2v) is 6.08. The van der Waals surface area contributed by atoms with E-state index in [1.807, 2.05) is 6.07 Å². The van der Waals surface area contributed by atoms with Crippen molar-refractivity contribution in [2.24, 2.45) is 0 Å². The van der Waals surface area contributed by atoms with E-state index in [2.05, 4.69) is 10.3 Å². The van der Waals surface area contributed by atoms with Gasteiger partial charge in [-0.15, -0.1) is 0 Å². The largest absolute Gasteiger partial charge is 0.496 e. The van der Waals surface area contributed by atoms with Crippen LogP contribution in [0.25, 0.3) is 11.1 Å². The molecular weight excluding hydrogens is 373 g/mol. The molecule has 0 atom stereocenters. The predicted octanol–water partition coefficient (Wildman–Crippen LogP) is 3.98. The van der Waals surface area contributed by atoms with Crippen LogP contribution >= 0.6 is 0 Å². The molecule has 3 rings (SSSR count). The Kier molecular flexibility index (Phi) is 5.95. The van der Waals surface area contributed by atoms with Gasteiger partial charge in [-0.05, 0) is 36.4 Å². The number of nitrogens with one attached hydrogen (secondary N) is 1. The van der Waals surface area contributed by atoms with Gasteiger partial charge in [0, 0.05) is 28.6 Å². The normalized spacial score (nSPS) is 10.1. The number of ketones is 1. The number of halogens is 1. The van der Waals surface area contributed by atoms with Crippen LogP contribution in [-0.2, 0) is 4.79 Å². The number of aromatic nitrogens is 1. The first-order chi connectivity index (χ1) is 14.0. The molecule has 6 nitrogen and oxygen atoms in total. The number of Topliss-reactive ketones (excluding diaryl/α,β-unsaturated/α-hetero) is 1. The molecule has 0 radical (unpaired) electrons. The van der Waals surface area contributed by atoms with Crippen LogP contribution < -0.4 is 10.1 Å². The first-order valence-electron chi connectivity index (χ1n) is 8.64. The van der Waals surface area contributed by atoms with Crippen LogP contribution in [0.2, 0.25) is 0 Å². The Morgan fingerprint density at radius 3 is 2.66 bits per heavy atom. The number of amides is 1. The van der Waals surface area contributed by atoms with Crippen molar-refractivity contribution in [3.05, 3.63) is 77.9 Å². The molecule has 1 N–H and O–H groups in total. The Labute approximate surface area is 166 Å². The van der Waals surface area contributed by atoms with Crippen molar-refractivity contribution >= 4 is 17.4 Å². The lowest BCUT2D eigenvalue weighted by molar-refractivity contribution is -0.115. The Hall–Kier alpha value is -4.05. The van der Waals surface area contributed by atoms with Gasteiger partial charge in [0.25, 0.3) is 0 Å². The summed E-state index contributed by atoms with van der Waals surface area (Å²) >= 11 is 0. The van der Waals surface area contributed by atoms with E-state index in [1.165, 1.54) is 31.5 Å². The summed E-state index contributed by atoms with van der Waals surface area (Å²) in [5.41, 5.74) is 1.53. The summed E-state index contributed by atoms with van der Waals surface area (Å²) in [4.78, 5) is 28.4. The number of ether oxygens (including phenoxy) is 1. The molecule has 2 aromatic carbocycles. The maximum Gasteiger partial charge on any atom is 0.232 e. The minimum absolute atomic E-state index is 0.0981. The summed E-state index contributed by atoms with van der Waals surface area (Å²) in [5.74, 6) is -0.945. The number of rotatable bonds is 6. The van der Waals surface area contributed by atoms with Crippen LogP contribution in [0.15, 0.2) is 60.8 Å². The van der Waals surface area contributed by atoms with Crippen molar-refractivity contribution in [2.45, 2.75) is 6.42 Å². The van der Waals surface area contributed by atoms with Crippen LogP contribution in [0.3, 0.4) is 0 Å². The van der Waals surface area contributed by atoms with Crippen LogP contribution in [0.5, 0.6) is 5.75 Å². The van der Waals surface area contributed by atoms with Crippen molar-refractivity contribution in [1.29, 1.82) is 5.26 Å². The second-order valence-electron chi connectivity index (χ2n) is 6.08. The zero-order chi connectivity index (χ0) is 20.8. The van der Waals surface area contributed by atoms with Gasteiger partial charge < -0.3 is 10.1 Å². The number of methoxy groups -OCH3 is 1. The van der Waals surface area contributed by atoms with Gasteiger partial charge in [0.2, 0.25) is 5.91 Å². The Bertz CT molecular complexity index is 1120. The number of carbonyl (C=O) groups is 2. The highest BCUT2D eigenvalue weighted by Crippen LogP contribution is 2.34. The van der Waals surface area contributed by atoms with Crippen LogP contribution in [-0.4, -0.2) is 23.8 Å². The van der Waals surface area contributed by atoms with Crippen LogP contribution in [0, 0.1) is 17.1 Å². The maximum absolute atomic E-state index is 14.2. The molecule has 0 spiro atoms. The fourth-order valence-electron chi connectivity index (χ4n) is 2.79. The molecule has 1 aromatic heterocycles. The van der Waals surface area contributed by atoms with E-state index < -0.39 is 23.9 Å². The third-order valence-corrected chi connectivity index (χ3v) is 4.16. The van der Waals surface area contributed by atoms with Gasteiger partial charge in [-0.2, -0.15) is 5.26 Å². The number of hydrogen-bond acceptors (Lipinski definition) is 5. The number of carbonyl (C=O) groups excluding carboxylic acids is 2. The van der Waals surface area contributed by atoms with E-state index in [1.54, 1.807) is 36.4 Å². The highest BCUT2D eigenvalue weighted by Gasteiger charge is 2.15. The first kappa shape index (κ1) is 19.7. The van der Waals surface area contributed by atoms with E-state index >= 15 is 0 Å². The number of anilines is 1. The minimum Gasteiger partial charge on any atom is -0.496 e. The first-order valence-corrected chi connectivity index (χ1v) is 8.64.